The van der Waals surface area contributed by atoms with E-state index < -0.39 is 6.61 Å². The largest absolute Gasteiger partial charge is 0.435 e. The minimum Gasteiger partial charge on any atom is -0.435 e. The van der Waals surface area contributed by atoms with E-state index >= 15 is 0 Å². The Kier molecular flexibility index (Phi) is 7.71. The highest BCUT2D eigenvalue weighted by Crippen LogP contribution is 2.27. The number of aliphatic hydroxyl groups excluding tert-OH is 2. The smallest absolute Gasteiger partial charge is 0.387 e. The van der Waals surface area contributed by atoms with Crippen molar-refractivity contribution in [3.8, 4) is 17.0 Å². The standard InChI is InChI=1S/C25H25F2N5O4/c1-16-14-18(4-7-20(16)24(35)31(10-12-33)11-13-34)30-22-23-29-15-21(32(23)9-8-28-22)17-2-5-19(6-3-17)36-25(26)27/h2-9,14-15,25,33-34H,10-13H2,1H3,(H,28,30). The van der Waals surface area contributed by atoms with Crippen LogP contribution in [0.25, 0.3) is 16.9 Å². The number of carbonyl (C=O) groups excluding carboxylic acids is 1. The summed E-state index contributed by atoms with van der Waals surface area (Å²) < 4.78 is 31.1. The number of carbonyl (C=O) groups is 1. The quantitative estimate of drug-likeness (QED) is 0.308. The number of aryl methyl sites for hydroxylation is 1. The molecule has 1 amide bonds. The molecule has 0 aliphatic carbocycles. The van der Waals surface area contributed by atoms with Crippen molar-refractivity contribution >= 4 is 23.1 Å². The first-order valence-electron chi connectivity index (χ1n) is 11.2. The summed E-state index contributed by atoms with van der Waals surface area (Å²) in [6.07, 6.45) is 5.02. The topological polar surface area (TPSA) is 112 Å². The van der Waals surface area contributed by atoms with Gasteiger partial charge in [-0.3, -0.25) is 9.20 Å². The van der Waals surface area contributed by atoms with Crippen LogP contribution in [-0.4, -0.2) is 68.3 Å². The maximum atomic E-state index is 12.8. The predicted octanol–water partition coefficient (Wildman–Crippen LogP) is 3.48. The number of alkyl halides is 2. The molecule has 2 heterocycles. The third-order valence-corrected chi connectivity index (χ3v) is 5.55. The van der Waals surface area contributed by atoms with Crippen molar-refractivity contribution in [2.24, 2.45) is 0 Å². The van der Waals surface area contributed by atoms with Crippen molar-refractivity contribution in [2.45, 2.75) is 13.5 Å². The third kappa shape index (κ3) is 5.42. The van der Waals surface area contributed by atoms with E-state index in [1.54, 1.807) is 55.8 Å². The Morgan fingerprint density at radius 2 is 1.83 bits per heavy atom. The molecule has 11 heteroatoms. The molecule has 0 bridgehead atoms. The Labute approximate surface area is 205 Å². The molecule has 0 atom stereocenters. The number of fused-ring (bicyclic) bond motifs is 1. The summed E-state index contributed by atoms with van der Waals surface area (Å²) in [5.74, 6) is 0.284. The number of amides is 1. The zero-order valence-corrected chi connectivity index (χ0v) is 19.4. The van der Waals surface area contributed by atoms with E-state index in [0.717, 1.165) is 11.3 Å². The average Bonchev–Trinajstić information content (AvgIpc) is 3.29. The van der Waals surface area contributed by atoms with Gasteiger partial charge in [0.25, 0.3) is 5.91 Å². The van der Waals surface area contributed by atoms with E-state index in [-0.39, 0.29) is 38.0 Å². The van der Waals surface area contributed by atoms with E-state index in [0.29, 0.717) is 28.3 Å². The second-order valence-corrected chi connectivity index (χ2v) is 7.91. The number of nitrogens with one attached hydrogen (secondary N) is 1. The minimum absolute atomic E-state index is 0.0692. The molecule has 0 saturated heterocycles. The summed E-state index contributed by atoms with van der Waals surface area (Å²) in [7, 11) is 0. The minimum atomic E-state index is -2.89. The summed E-state index contributed by atoms with van der Waals surface area (Å²) in [5, 5.41) is 21.6. The SMILES string of the molecule is Cc1cc(Nc2nccn3c(-c4ccc(OC(F)F)cc4)cnc23)ccc1C(=O)N(CCO)CCO. The highest BCUT2D eigenvalue weighted by Gasteiger charge is 2.18. The van der Waals surface area contributed by atoms with Crippen LogP contribution in [0.4, 0.5) is 20.3 Å². The number of aromatic nitrogens is 3. The third-order valence-electron chi connectivity index (χ3n) is 5.55. The molecule has 0 spiro atoms. The Balaban J connectivity index is 1.57. The fourth-order valence-corrected chi connectivity index (χ4v) is 3.87. The lowest BCUT2D eigenvalue weighted by Crippen LogP contribution is -2.36. The lowest BCUT2D eigenvalue weighted by molar-refractivity contribution is -0.0498. The second kappa shape index (κ2) is 11.1. The Hall–Kier alpha value is -4.09. The van der Waals surface area contributed by atoms with Crippen molar-refractivity contribution in [3.63, 3.8) is 0 Å². The van der Waals surface area contributed by atoms with Gasteiger partial charge < -0.3 is 25.2 Å². The van der Waals surface area contributed by atoms with Crippen LogP contribution in [-0.2, 0) is 0 Å². The fourth-order valence-electron chi connectivity index (χ4n) is 3.87. The van der Waals surface area contributed by atoms with E-state index in [9.17, 15) is 23.8 Å². The summed E-state index contributed by atoms with van der Waals surface area (Å²) in [4.78, 5) is 23.1. The maximum absolute atomic E-state index is 12.8. The molecule has 0 fully saturated rings. The molecular formula is C25H25F2N5O4. The first-order valence-corrected chi connectivity index (χ1v) is 11.2. The monoisotopic (exact) mass is 497 g/mol. The molecule has 188 valence electrons. The zero-order chi connectivity index (χ0) is 25.7. The molecule has 0 unspecified atom stereocenters. The van der Waals surface area contributed by atoms with Crippen molar-refractivity contribution in [3.05, 3.63) is 72.2 Å². The lowest BCUT2D eigenvalue weighted by atomic mass is 10.1. The molecule has 4 aromatic rings. The summed E-state index contributed by atoms with van der Waals surface area (Å²) in [6, 6.07) is 11.5. The van der Waals surface area contributed by atoms with Gasteiger partial charge in [-0.1, -0.05) is 0 Å². The van der Waals surface area contributed by atoms with Crippen LogP contribution in [0.3, 0.4) is 0 Å². The van der Waals surface area contributed by atoms with Gasteiger partial charge in [-0.25, -0.2) is 9.97 Å². The van der Waals surface area contributed by atoms with E-state index in [2.05, 4.69) is 20.0 Å². The Morgan fingerprint density at radius 3 is 2.47 bits per heavy atom. The van der Waals surface area contributed by atoms with Gasteiger partial charge in [0.15, 0.2) is 11.5 Å². The van der Waals surface area contributed by atoms with Gasteiger partial charge in [0.1, 0.15) is 5.75 Å². The number of rotatable bonds is 10. The molecule has 36 heavy (non-hydrogen) atoms. The lowest BCUT2D eigenvalue weighted by Gasteiger charge is -2.22. The first-order chi connectivity index (χ1) is 17.4. The molecule has 2 aromatic carbocycles. The van der Waals surface area contributed by atoms with Crippen molar-refractivity contribution in [2.75, 3.05) is 31.6 Å². The summed E-state index contributed by atoms with van der Waals surface area (Å²) in [6.45, 7) is -1.20. The van der Waals surface area contributed by atoms with Crippen LogP contribution in [0.15, 0.2) is 61.1 Å². The molecule has 0 aliphatic rings. The van der Waals surface area contributed by atoms with Crippen LogP contribution < -0.4 is 10.1 Å². The Morgan fingerprint density at radius 1 is 1.11 bits per heavy atom. The molecule has 0 saturated carbocycles. The highest BCUT2D eigenvalue weighted by atomic mass is 19.3. The predicted molar refractivity (Wildman–Crippen MR) is 130 cm³/mol. The second-order valence-electron chi connectivity index (χ2n) is 7.91. The molecule has 4 rings (SSSR count). The number of imidazole rings is 1. The van der Waals surface area contributed by atoms with E-state index in [1.807, 2.05) is 4.40 Å². The Bertz CT molecular complexity index is 1340. The van der Waals surface area contributed by atoms with E-state index in [1.165, 1.54) is 17.0 Å². The van der Waals surface area contributed by atoms with Gasteiger partial charge in [0.2, 0.25) is 0 Å². The van der Waals surface area contributed by atoms with Crippen LogP contribution in [0.5, 0.6) is 5.75 Å². The van der Waals surface area contributed by atoms with E-state index in [4.69, 9.17) is 0 Å². The number of aliphatic hydroxyl groups is 2. The first kappa shape index (κ1) is 25.0. The van der Waals surface area contributed by atoms with Gasteiger partial charge in [0, 0.05) is 42.3 Å². The van der Waals surface area contributed by atoms with Gasteiger partial charge in [-0.15, -0.1) is 0 Å². The normalized spacial score (nSPS) is 11.2. The van der Waals surface area contributed by atoms with Crippen LogP contribution in [0, 0.1) is 6.92 Å². The number of hydrogen-bond acceptors (Lipinski definition) is 7. The van der Waals surface area contributed by atoms with Crippen molar-refractivity contribution < 1.29 is 28.5 Å². The molecule has 2 aromatic heterocycles. The maximum Gasteiger partial charge on any atom is 0.387 e. The number of hydrogen-bond donors (Lipinski definition) is 3. The fraction of sp³-hybridized carbons (Fsp3) is 0.240. The van der Waals surface area contributed by atoms with Crippen LogP contribution >= 0.6 is 0 Å². The summed E-state index contributed by atoms with van der Waals surface area (Å²) >= 11 is 0. The number of ether oxygens (including phenoxy) is 1. The molecule has 0 radical (unpaired) electrons. The number of benzene rings is 2. The molecule has 0 aliphatic heterocycles. The molecular weight excluding hydrogens is 472 g/mol. The van der Waals surface area contributed by atoms with Gasteiger partial charge in [-0.05, 0) is 55.0 Å². The van der Waals surface area contributed by atoms with Crippen molar-refractivity contribution in [1.29, 1.82) is 0 Å². The molecule has 9 nitrogen and oxygen atoms in total. The summed E-state index contributed by atoms with van der Waals surface area (Å²) in [5.41, 5.74) is 3.93. The highest BCUT2D eigenvalue weighted by molar-refractivity contribution is 5.96. The van der Waals surface area contributed by atoms with Crippen LogP contribution in [0.1, 0.15) is 15.9 Å². The number of halogens is 2. The van der Waals surface area contributed by atoms with Gasteiger partial charge in [0.05, 0.1) is 25.1 Å². The number of nitrogens with zero attached hydrogens (tertiary/aromatic N) is 4. The van der Waals surface area contributed by atoms with Gasteiger partial charge >= 0.3 is 6.61 Å². The van der Waals surface area contributed by atoms with Crippen molar-refractivity contribution in [1.82, 2.24) is 19.3 Å². The average molecular weight is 498 g/mol. The number of anilines is 2. The van der Waals surface area contributed by atoms with Gasteiger partial charge in [-0.2, -0.15) is 8.78 Å². The zero-order valence-electron chi connectivity index (χ0n) is 19.4. The molecule has 3 N–H and O–H groups in total. The van der Waals surface area contributed by atoms with Crippen LogP contribution in [0.2, 0.25) is 0 Å².